The zero-order valence-electron chi connectivity index (χ0n) is 10.2. The molecule has 0 spiro atoms. The molecule has 0 bridgehead atoms. The molecule has 0 amide bonds. The summed E-state index contributed by atoms with van der Waals surface area (Å²) in [5, 5.41) is 0. The van der Waals surface area contributed by atoms with Crippen molar-refractivity contribution in [1.82, 2.24) is 9.97 Å². The number of rotatable bonds is 4. The summed E-state index contributed by atoms with van der Waals surface area (Å²) in [6.45, 7) is 2.50. The molecule has 0 radical (unpaired) electrons. The molecule has 0 aliphatic rings. The molecule has 2 N–H and O–H groups in total. The van der Waals surface area contributed by atoms with Gasteiger partial charge in [-0.05, 0) is 19.1 Å². The van der Waals surface area contributed by atoms with Crippen LogP contribution in [-0.4, -0.2) is 29.7 Å². The third kappa shape index (κ3) is 2.78. The number of nitrogens with zero attached hydrogens (tertiary/aromatic N) is 2. The molecule has 4 nitrogen and oxygen atoms in total. The van der Waals surface area contributed by atoms with Gasteiger partial charge in [0.25, 0.3) is 0 Å². The largest absolute Gasteiger partial charge is 0.383 e. The standard InChI is InChI=1S/C13H17N3O/c1-9-13(7-10(14)8-17-2)16-12-6-4-3-5-11(12)15-9/h3-6,10H,7-8,14H2,1-2H3. The Morgan fingerprint density at radius 1 is 1.24 bits per heavy atom. The van der Waals surface area contributed by atoms with Gasteiger partial charge in [0.05, 0.1) is 29.0 Å². The van der Waals surface area contributed by atoms with Crippen LogP contribution >= 0.6 is 0 Å². The van der Waals surface area contributed by atoms with Gasteiger partial charge in [0.1, 0.15) is 0 Å². The fraction of sp³-hybridized carbons (Fsp3) is 0.385. The molecule has 0 fully saturated rings. The summed E-state index contributed by atoms with van der Waals surface area (Å²) in [6.07, 6.45) is 0.692. The average molecular weight is 231 g/mol. The molecular weight excluding hydrogens is 214 g/mol. The summed E-state index contributed by atoms with van der Waals surface area (Å²) < 4.78 is 5.03. The molecule has 1 unspecified atom stereocenters. The van der Waals surface area contributed by atoms with Gasteiger partial charge >= 0.3 is 0 Å². The highest BCUT2D eigenvalue weighted by Crippen LogP contribution is 2.13. The first-order valence-corrected chi connectivity index (χ1v) is 5.67. The van der Waals surface area contributed by atoms with Gasteiger partial charge in [-0.2, -0.15) is 0 Å². The third-order valence-electron chi connectivity index (χ3n) is 2.68. The molecular formula is C13H17N3O. The van der Waals surface area contributed by atoms with E-state index in [1.807, 2.05) is 31.2 Å². The quantitative estimate of drug-likeness (QED) is 0.865. The van der Waals surface area contributed by atoms with Crippen LogP contribution in [0.15, 0.2) is 24.3 Å². The molecule has 4 heteroatoms. The molecule has 90 valence electrons. The number of fused-ring (bicyclic) bond motifs is 1. The highest BCUT2D eigenvalue weighted by molar-refractivity contribution is 5.74. The maximum Gasteiger partial charge on any atom is 0.0890 e. The minimum atomic E-state index is -0.0332. The number of aryl methyl sites for hydroxylation is 1. The van der Waals surface area contributed by atoms with Gasteiger partial charge in [-0.25, -0.2) is 9.97 Å². The number of para-hydroxylation sites is 2. The van der Waals surface area contributed by atoms with Gasteiger partial charge in [-0.3, -0.25) is 0 Å². The summed E-state index contributed by atoms with van der Waals surface area (Å²) in [5.41, 5.74) is 9.67. The second-order valence-corrected chi connectivity index (χ2v) is 4.16. The van der Waals surface area contributed by atoms with Crippen LogP contribution in [0, 0.1) is 6.92 Å². The van der Waals surface area contributed by atoms with Gasteiger partial charge in [0, 0.05) is 19.6 Å². The molecule has 2 rings (SSSR count). The van der Waals surface area contributed by atoms with Crippen LogP contribution in [0.4, 0.5) is 0 Å². The van der Waals surface area contributed by atoms with E-state index in [4.69, 9.17) is 10.5 Å². The van der Waals surface area contributed by atoms with Gasteiger partial charge in [-0.1, -0.05) is 12.1 Å². The number of methoxy groups -OCH3 is 1. The Morgan fingerprint density at radius 2 is 1.88 bits per heavy atom. The summed E-state index contributed by atoms with van der Waals surface area (Å²) in [4.78, 5) is 9.13. The Bertz CT molecular complexity index is 513. The highest BCUT2D eigenvalue weighted by Gasteiger charge is 2.09. The van der Waals surface area contributed by atoms with Crippen LogP contribution in [0.1, 0.15) is 11.4 Å². The lowest BCUT2D eigenvalue weighted by atomic mass is 10.1. The molecule has 0 saturated carbocycles. The number of nitrogens with two attached hydrogens (primary N) is 1. The van der Waals surface area contributed by atoms with Crippen molar-refractivity contribution in [2.75, 3.05) is 13.7 Å². The first-order chi connectivity index (χ1) is 8.20. The van der Waals surface area contributed by atoms with Crippen LogP contribution < -0.4 is 5.73 Å². The molecule has 0 aliphatic heterocycles. The lowest BCUT2D eigenvalue weighted by Gasteiger charge is -2.11. The minimum absolute atomic E-state index is 0.0332. The second-order valence-electron chi connectivity index (χ2n) is 4.16. The molecule has 0 aliphatic carbocycles. The lowest BCUT2D eigenvalue weighted by molar-refractivity contribution is 0.179. The number of hydrogen-bond donors (Lipinski definition) is 1. The van der Waals surface area contributed by atoms with E-state index in [-0.39, 0.29) is 6.04 Å². The van der Waals surface area contributed by atoms with E-state index in [9.17, 15) is 0 Å². The van der Waals surface area contributed by atoms with E-state index in [0.717, 1.165) is 22.4 Å². The van der Waals surface area contributed by atoms with Crippen molar-refractivity contribution in [3.8, 4) is 0 Å². The Labute approximate surface area is 101 Å². The van der Waals surface area contributed by atoms with Crippen LogP contribution in [0.2, 0.25) is 0 Å². The van der Waals surface area contributed by atoms with Crippen molar-refractivity contribution in [3.05, 3.63) is 35.7 Å². The Kier molecular flexibility index (Phi) is 3.66. The fourth-order valence-corrected chi connectivity index (χ4v) is 1.84. The number of hydrogen-bond acceptors (Lipinski definition) is 4. The van der Waals surface area contributed by atoms with E-state index in [1.54, 1.807) is 7.11 Å². The Balaban J connectivity index is 2.31. The monoisotopic (exact) mass is 231 g/mol. The predicted octanol–water partition coefficient (Wildman–Crippen LogP) is 1.45. The molecule has 1 heterocycles. The minimum Gasteiger partial charge on any atom is -0.383 e. The molecule has 17 heavy (non-hydrogen) atoms. The van der Waals surface area contributed by atoms with Gasteiger partial charge in [0.15, 0.2) is 0 Å². The van der Waals surface area contributed by atoms with Crippen LogP contribution in [-0.2, 0) is 11.2 Å². The normalized spacial score (nSPS) is 12.9. The smallest absolute Gasteiger partial charge is 0.0890 e. The van der Waals surface area contributed by atoms with Gasteiger partial charge in [0.2, 0.25) is 0 Å². The average Bonchev–Trinajstić information content (AvgIpc) is 2.30. The fourth-order valence-electron chi connectivity index (χ4n) is 1.84. The first kappa shape index (κ1) is 12.0. The van der Waals surface area contributed by atoms with Crippen molar-refractivity contribution in [3.63, 3.8) is 0 Å². The maximum atomic E-state index is 5.94. The van der Waals surface area contributed by atoms with Crippen molar-refractivity contribution in [2.24, 2.45) is 5.73 Å². The molecule has 1 aromatic carbocycles. The zero-order valence-corrected chi connectivity index (χ0v) is 10.2. The van der Waals surface area contributed by atoms with Gasteiger partial charge in [-0.15, -0.1) is 0 Å². The van der Waals surface area contributed by atoms with Gasteiger partial charge < -0.3 is 10.5 Å². The van der Waals surface area contributed by atoms with Crippen LogP contribution in [0.3, 0.4) is 0 Å². The Hall–Kier alpha value is -1.52. The van der Waals surface area contributed by atoms with E-state index in [2.05, 4.69) is 9.97 Å². The maximum absolute atomic E-state index is 5.94. The second kappa shape index (κ2) is 5.21. The van der Waals surface area contributed by atoms with Crippen molar-refractivity contribution >= 4 is 11.0 Å². The zero-order chi connectivity index (χ0) is 12.3. The number of ether oxygens (including phenoxy) is 1. The highest BCUT2D eigenvalue weighted by atomic mass is 16.5. The van der Waals surface area contributed by atoms with E-state index >= 15 is 0 Å². The molecule has 0 saturated heterocycles. The van der Waals surface area contributed by atoms with Crippen molar-refractivity contribution in [1.29, 1.82) is 0 Å². The molecule has 1 atom stereocenters. The SMILES string of the molecule is COCC(N)Cc1nc2ccccc2nc1C. The van der Waals surface area contributed by atoms with E-state index in [0.29, 0.717) is 13.0 Å². The van der Waals surface area contributed by atoms with Crippen LogP contribution in [0.5, 0.6) is 0 Å². The summed E-state index contributed by atoms with van der Waals surface area (Å²) >= 11 is 0. The number of benzene rings is 1. The van der Waals surface area contributed by atoms with E-state index < -0.39 is 0 Å². The van der Waals surface area contributed by atoms with E-state index in [1.165, 1.54) is 0 Å². The Morgan fingerprint density at radius 3 is 2.53 bits per heavy atom. The van der Waals surface area contributed by atoms with Crippen molar-refractivity contribution in [2.45, 2.75) is 19.4 Å². The van der Waals surface area contributed by atoms with Crippen molar-refractivity contribution < 1.29 is 4.74 Å². The first-order valence-electron chi connectivity index (χ1n) is 5.67. The predicted molar refractivity (Wildman–Crippen MR) is 67.8 cm³/mol. The molecule has 2 aromatic rings. The summed E-state index contributed by atoms with van der Waals surface area (Å²) in [5.74, 6) is 0. The lowest BCUT2D eigenvalue weighted by Crippen LogP contribution is -2.28. The topological polar surface area (TPSA) is 61.0 Å². The summed E-state index contributed by atoms with van der Waals surface area (Å²) in [6, 6.07) is 7.83. The van der Waals surface area contributed by atoms with Crippen LogP contribution in [0.25, 0.3) is 11.0 Å². The third-order valence-corrected chi connectivity index (χ3v) is 2.68. The number of aromatic nitrogens is 2. The summed E-state index contributed by atoms with van der Waals surface area (Å²) in [7, 11) is 1.65. The molecule has 1 aromatic heterocycles.